The number of hydrogen-bond acceptors (Lipinski definition) is 5. The maximum atomic E-state index is 13.8. The quantitative estimate of drug-likeness (QED) is 0.587. The van der Waals surface area contributed by atoms with E-state index in [1.807, 2.05) is 31.2 Å². The van der Waals surface area contributed by atoms with Crippen molar-refractivity contribution in [3.05, 3.63) is 41.6 Å². The summed E-state index contributed by atoms with van der Waals surface area (Å²) in [7, 11) is 1.59. The second kappa shape index (κ2) is 8.75. The average Bonchev–Trinajstić information content (AvgIpc) is 3.29. The van der Waals surface area contributed by atoms with Gasteiger partial charge in [0.05, 0.1) is 13.1 Å². The van der Waals surface area contributed by atoms with Gasteiger partial charge in [-0.05, 0) is 25.0 Å². The maximum Gasteiger partial charge on any atom is 0.332 e. The summed E-state index contributed by atoms with van der Waals surface area (Å²) < 4.78 is 2.10. The van der Waals surface area contributed by atoms with E-state index in [-0.39, 0.29) is 18.4 Å². The number of benzene rings is 1. The molecule has 10 heteroatoms. The molecule has 2 saturated heterocycles. The molecule has 1 aromatic rings. The van der Waals surface area contributed by atoms with Gasteiger partial charge in [0.15, 0.2) is 19.0 Å². The lowest BCUT2D eigenvalue weighted by Gasteiger charge is -2.39. The number of amidine groups is 1. The molecule has 35 heavy (non-hydrogen) atoms. The number of hydrogen-bond donors (Lipinski definition) is 0. The van der Waals surface area contributed by atoms with Gasteiger partial charge in [0, 0.05) is 38.0 Å². The predicted molar refractivity (Wildman–Crippen MR) is 129 cm³/mol. The maximum absolute atomic E-state index is 13.8. The molecule has 4 aliphatic rings. The van der Waals surface area contributed by atoms with Crippen LogP contribution in [0.25, 0.3) is 0 Å². The number of amides is 5. The fourth-order valence-corrected chi connectivity index (χ4v) is 5.35. The normalized spacial score (nSPS) is 22.2. The molecule has 1 aromatic carbocycles. The predicted octanol–water partition coefficient (Wildman–Crippen LogP) is 0.717. The van der Waals surface area contributed by atoms with E-state index in [2.05, 4.69) is 9.57 Å². The van der Waals surface area contributed by atoms with Crippen molar-refractivity contribution in [1.29, 1.82) is 0 Å². The van der Waals surface area contributed by atoms with E-state index in [0.29, 0.717) is 38.6 Å². The van der Waals surface area contributed by atoms with Crippen LogP contribution in [0.1, 0.15) is 19.4 Å². The van der Waals surface area contributed by atoms with Crippen molar-refractivity contribution < 1.29 is 23.8 Å². The van der Waals surface area contributed by atoms with E-state index in [4.69, 9.17) is 0 Å². The van der Waals surface area contributed by atoms with Gasteiger partial charge in [-0.2, -0.15) is 0 Å². The Hall–Kier alpha value is -3.82. The molecular weight excluding hydrogens is 448 g/mol. The fraction of sp³-hybridized carbons (Fsp3) is 0.440. The lowest BCUT2D eigenvalue weighted by molar-refractivity contribution is -0.539. The number of para-hydroxylation sites is 1. The third-order valence-corrected chi connectivity index (χ3v) is 7.25. The van der Waals surface area contributed by atoms with Crippen molar-refractivity contribution in [1.82, 2.24) is 14.7 Å². The number of anilines is 1. The molecule has 182 valence electrons. The monoisotopic (exact) mass is 477 g/mol. The van der Waals surface area contributed by atoms with Crippen LogP contribution in [0, 0.1) is 5.92 Å². The van der Waals surface area contributed by atoms with Crippen LogP contribution < -0.4 is 4.90 Å². The molecule has 0 bridgehead atoms. The van der Waals surface area contributed by atoms with Crippen LogP contribution in [-0.2, 0) is 20.8 Å². The van der Waals surface area contributed by atoms with Gasteiger partial charge < -0.3 is 9.80 Å². The Morgan fingerprint density at radius 3 is 2.54 bits per heavy atom. The Bertz CT molecular complexity index is 1220. The van der Waals surface area contributed by atoms with Gasteiger partial charge in [-0.25, -0.2) is 14.4 Å². The van der Waals surface area contributed by atoms with E-state index in [0.717, 1.165) is 33.9 Å². The SMILES string of the molecule is CC(=O)N1CC[N+](=C2C(C)=CN=C3C2C(=O)N(CC(=O)N2CCc4ccccc42)C(=O)N3C)CC1. The fourth-order valence-electron chi connectivity index (χ4n) is 5.35. The van der Waals surface area contributed by atoms with Crippen molar-refractivity contribution in [2.45, 2.75) is 20.3 Å². The zero-order valence-electron chi connectivity index (χ0n) is 20.2. The van der Waals surface area contributed by atoms with Gasteiger partial charge in [0.25, 0.3) is 5.91 Å². The van der Waals surface area contributed by atoms with Gasteiger partial charge in [-0.15, -0.1) is 0 Å². The Morgan fingerprint density at radius 1 is 1.11 bits per heavy atom. The number of piperazine rings is 1. The van der Waals surface area contributed by atoms with E-state index < -0.39 is 17.9 Å². The Morgan fingerprint density at radius 2 is 1.83 bits per heavy atom. The number of aliphatic imine (C=N–C) groups is 1. The lowest BCUT2D eigenvalue weighted by Crippen LogP contribution is -2.63. The first-order chi connectivity index (χ1) is 16.8. The van der Waals surface area contributed by atoms with Crippen LogP contribution in [0.2, 0.25) is 0 Å². The highest BCUT2D eigenvalue weighted by Crippen LogP contribution is 2.29. The molecule has 2 fully saturated rings. The summed E-state index contributed by atoms with van der Waals surface area (Å²) in [4.78, 5) is 62.2. The standard InChI is InChI=1S/C25H29N6O4/c1-16-14-26-23-21(22(16)29-12-10-28(11-13-29)17(2)32)24(34)31(25(35)27(23)3)15-20(33)30-9-8-18-6-4-5-7-19(18)30/h4-7,14,21H,8-13,15H2,1-3H3/q+1. The number of urea groups is 1. The molecule has 0 aromatic heterocycles. The number of imide groups is 1. The Balaban J connectivity index is 1.43. The van der Waals surface area contributed by atoms with Crippen molar-refractivity contribution in [3.8, 4) is 0 Å². The molecule has 5 amide bonds. The smallest absolute Gasteiger partial charge is 0.330 e. The van der Waals surface area contributed by atoms with Crippen molar-refractivity contribution in [3.63, 3.8) is 0 Å². The van der Waals surface area contributed by atoms with E-state index in [1.54, 1.807) is 30.0 Å². The highest BCUT2D eigenvalue weighted by Gasteiger charge is 2.51. The molecule has 1 unspecified atom stereocenters. The van der Waals surface area contributed by atoms with Gasteiger partial charge >= 0.3 is 6.03 Å². The first kappa shape index (κ1) is 22.9. The molecule has 4 heterocycles. The Kier molecular flexibility index (Phi) is 5.74. The molecule has 0 spiro atoms. The summed E-state index contributed by atoms with van der Waals surface area (Å²) in [5.41, 5.74) is 3.53. The molecule has 0 radical (unpaired) electrons. The van der Waals surface area contributed by atoms with Gasteiger partial charge in [-0.1, -0.05) is 18.2 Å². The molecule has 4 aliphatic heterocycles. The van der Waals surface area contributed by atoms with E-state index in [1.165, 1.54) is 4.90 Å². The second-order valence-electron chi connectivity index (χ2n) is 9.30. The number of fused-ring (bicyclic) bond motifs is 2. The number of nitrogens with zero attached hydrogens (tertiary/aromatic N) is 6. The number of carbonyl (C=O) groups excluding carboxylic acids is 4. The summed E-state index contributed by atoms with van der Waals surface area (Å²) in [5.74, 6) is -1.11. The third-order valence-electron chi connectivity index (χ3n) is 7.25. The van der Waals surface area contributed by atoms with Crippen LogP contribution in [0.4, 0.5) is 10.5 Å². The first-order valence-electron chi connectivity index (χ1n) is 11.9. The molecular formula is C25H29N6O4+. The van der Waals surface area contributed by atoms with Crippen LogP contribution in [0.3, 0.4) is 0 Å². The zero-order valence-corrected chi connectivity index (χ0v) is 20.2. The van der Waals surface area contributed by atoms with Crippen molar-refractivity contribution in [2.75, 3.05) is 51.2 Å². The van der Waals surface area contributed by atoms with Crippen molar-refractivity contribution in [2.24, 2.45) is 10.9 Å². The molecule has 0 saturated carbocycles. The minimum atomic E-state index is -0.773. The molecule has 10 nitrogen and oxygen atoms in total. The summed E-state index contributed by atoms with van der Waals surface area (Å²) >= 11 is 0. The topological polar surface area (TPSA) is 96.6 Å². The van der Waals surface area contributed by atoms with Gasteiger partial charge in [0.2, 0.25) is 17.5 Å². The average molecular weight is 478 g/mol. The zero-order chi connectivity index (χ0) is 24.9. The van der Waals surface area contributed by atoms with Crippen LogP contribution in [0.5, 0.6) is 0 Å². The van der Waals surface area contributed by atoms with Crippen LogP contribution >= 0.6 is 0 Å². The van der Waals surface area contributed by atoms with Gasteiger partial charge in [0.1, 0.15) is 12.4 Å². The molecule has 0 aliphatic carbocycles. The minimum Gasteiger partial charge on any atom is -0.330 e. The number of allylic oxidation sites excluding steroid dienone is 1. The summed E-state index contributed by atoms with van der Waals surface area (Å²) in [6, 6.07) is 7.13. The number of rotatable bonds is 2. The molecule has 1 atom stereocenters. The van der Waals surface area contributed by atoms with Crippen molar-refractivity contribution >= 4 is 41.0 Å². The largest absolute Gasteiger partial charge is 0.332 e. The highest BCUT2D eigenvalue weighted by molar-refractivity contribution is 6.32. The van der Waals surface area contributed by atoms with Crippen LogP contribution in [-0.4, -0.2) is 101 Å². The summed E-state index contributed by atoms with van der Waals surface area (Å²) in [5, 5.41) is 0. The lowest BCUT2D eigenvalue weighted by atomic mass is 9.90. The third kappa shape index (κ3) is 3.82. The van der Waals surface area contributed by atoms with Gasteiger partial charge in [-0.3, -0.25) is 24.2 Å². The molecule has 5 rings (SSSR count). The van der Waals surface area contributed by atoms with E-state index in [9.17, 15) is 19.2 Å². The molecule has 0 N–H and O–H groups in total. The summed E-state index contributed by atoms with van der Waals surface area (Å²) in [6.45, 7) is 5.94. The van der Waals surface area contributed by atoms with E-state index >= 15 is 0 Å². The highest BCUT2D eigenvalue weighted by atomic mass is 16.2. The van der Waals surface area contributed by atoms with Crippen LogP contribution in [0.15, 0.2) is 41.0 Å². The number of carbonyl (C=O) groups is 4. The summed E-state index contributed by atoms with van der Waals surface area (Å²) in [6.07, 6.45) is 2.43. The first-order valence-corrected chi connectivity index (χ1v) is 11.9. The Labute approximate surface area is 203 Å². The minimum absolute atomic E-state index is 0.0278. The second-order valence-corrected chi connectivity index (χ2v) is 9.30.